The number of hydrogen-bond donors (Lipinski definition) is 0. The molecule has 0 saturated heterocycles. The molecule has 0 spiro atoms. The number of benzene rings is 2. The zero-order valence-corrected chi connectivity index (χ0v) is 15.7. The molecular weight excluding hydrogens is 387 g/mol. The van der Waals surface area contributed by atoms with Crippen LogP contribution < -0.4 is 4.74 Å². The lowest BCUT2D eigenvalue weighted by atomic mass is 10.1. The van der Waals surface area contributed by atoms with Gasteiger partial charge in [-0.3, -0.25) is 0 Å². The topological polar surface area (TPSA) is 66.2 Å². The lowest BCUT2D eigenvalue weighted by Crippen LogP contribution is -2.09. The highest BCUT2D eigenvalue weighted by atomic mass is 19.4. The van der Waals surface area contributed by atoms with E-state index in [0.29, 0.717) is 23.7 Å². The molecule has 1 aromatic heterocycles. The Morgan fingerprint density at radius 3 is 2.52 bits per heavy atom. The monoisotopic (exact) mass is 405 g/mol. The number of rotatable bonds is 6. The number of nitrogens with zero attached hydrogens (tertiary/aromatic N) is 3. The minimum absolute atomic E-state index is 0.00846. The number of alkyl halides is 3. The third-order valence-electron chi connectivity index (χ3n) is 4.10. The van der Waals surface area contributed by atoms with E-state index in [0.717, 1.165) is 12.1 Å². The molecule has 3 rings (SSSR count). The van der Waals surface area contributed by atoms with Crippen LogP contribution in [0.2, 0.25) is 0 Å². The summed E-state index contributed by atoms with van der Waals surface area (Å²) in [6.45, 7) is 3.77. The number of hydrogen-bond acceptors (Lipinski definition) is 5. The maximum absolute atomic E-state index is 12.8. The molecule has 0 N–H and O–H groups in total. The van der Waals surface area contributed by atoms with Crippen molar-refractivity contribution in [2.75, 3.05) is 6.61 Å². The van der Waals surface area contributed by atoms with Gasteiger partial charge in [0.05, 0.1) is 23.6 Å². The second kappa shape index (κ2) is 8.34. The first-order valence-corrected chi connectivity index (χ1v) is 8.78. The van der Waals surface area contributed by atoms with Crippen LogP contribution in [0.4, 0.5) is 13.2 Å². The Labute approximate surface area is 164 Å². The third kappa shape index (κ3) is 4.74. The van der Waals surface area contributed by atoms with Crippen molar-refractivity contribution in [3.05, 3.63) is 71.0 Å². The van der Waals surface area contributed by atoms with E-state index < -0.39 is 17.7 Å². The molecule has 0 fully saturated rings. The molecule has 0 unspecified atom stereocenters. The first-order chi connectivity index (χ1) is 13.8. The maximum Gasteiger partial charge on any atom is 0.416 e. The second-order valence-corrected chi connectivity index (χ2v) is 6.14. The molecule has 0 saturated carbocycles. The van der Waals surface area contributed by atoms with Crippen LogP contribution in [-0.2, 0) is 17.5 Å². The van der Waals surface area contributed by atoms with E-state index in [9.17, 15) is 18.0 Å². The van der Waals surface area contributed by atoms with Crippen molar-refractivity contribution in [1.29, 1.82) is 0 Å². The summed E-state index contributed by atoms with van der Waals surface area (Å²) in [6, 6.07) is 11.7. The second-order valence-electron chi connectivity index (χ2n) is 6.14. The van der Waals surface area contributed by atoms with Gasteiger partial charge in [0, 0.05) is 0 Å². The van der Waals surface area contributed by atoms with Gasteiger partial charge in [-0.15, -0.1) is 5.10 Å². The fraction of sp³-hybridized carbons (Fsp3) is 0.250. The normalized spacial score (nSPS) is 11.3. The van der Waals surface area contributed by atoms with Crippen molar-refractivity contribution >= 4 is 5.97 Å². The van der Waals surface area contributed by atoms with Gasteiger partial charge in [-0.1, -0.05) is 17.3 Å². The van der Waals surface area contributed by atoms with Crippen LogP contribution in [0.1, 0.15) is 34.2 Å². The zero-order valence-electron chi connectivity index (χ0n) is 15.7. The van der Waals surface area contributed by atoms with Crippen molar-refractivity contribution in [3.8, 4) is 11.4 Å². The molecule has 0 aliphatic carbocycles. The van der Waals surface area contributed by atoms with Crippen molar-refractivity contribution < 1.29 is 27.4 Å². The van der Waals surface area contributed by atoms with Gasteiger partial charge in [0.25, 0.3) is 0 Å². The summed E-state index contributed by atoms with van der Waals surface area (Å²) in [5, 5.41) is 7.81. The van der Waals surface area contributed by atoms with Crippen molar-refractivity contribution in [1.82, 2.24) is 15.0 Å². The molecule has 0 aliphatic heterocycles. The lowest BCUT2D eigenvalue weighted by molar-refractivity contribution is -0.137. The van der Waals surface area contributed by atoms with E-state index in [1.165, 1.54) is 16.8 Å². The summed E-state index contributed by atoms with van der Waals surface area (Å²) < 4.78 is 50.3. The summed E-state index contributed by atoms with van der Waals surface area (Å²) in [5.74, 6) is -0.0631. The van der Waals surface area contributed by atoms with E-state index >= 15 is 0 Å². The standard InChI is InChI=1S/C20H18F3N3O3/c1-3-28-17-9-7-16(8-10-17)26-13(2)18(24-25-26)19(27)29-12-14-5-4-6-15(11-14)20(21,22)23/h4-11H,3,12H2,1-2H3. The molecule has 152 valence electrons. The highest BCUT2D eigenvalue weighted by molar-refractivity contribution is 5.88. The SMILES string of the molecule is CCOc1ccc(-n2nnc(C(=O)OCc3cccc(C(F)(F)F)c3)c2C)cc1. The van der Waals surface area contributed by atoms with Gasteiger partial charge in [-0.25, -0.2) is 9.48 Å². The quantitative estimate of drug-likeness (QED) is 0.571. The van der Waals surface area contributed by atoms with Gasteiger partial charge < -0.3 is 9.47 Å². The molecule has 6 nitrogen and oxygen atoms in total. The smallest absolute Gasteiger partial charge is 0.416 e. The van der Waals surface area contributed by atoms with E-state index in [-0.39, 0.29) is 17.9 Å². The van der Waals surface area contributed by atoms with Gasteiger partial charge in [-0.05, 0) is 55.8 Å². The summed E-state index contributed by atoms with van der Waals surface area (Å²) in [6.07, 6.45) is -4.46. The van der Waals surface area contributed by atoms with Crippen LogP contribution in [0.15, 0.2) is 48.5 Å². The molecule has 0 aliphatic rings. The molecule has 2 aromatic carbocycles. The van der Waals surface area contributed by atoms with E-state index in [4.69, 9.17) is 9.47 Å². The predicted molar refractivity (Wildman–Crippen MR) is 97.8 cm³/mol. The number of aromatic nitrogens is 3. The van der Waals surface area contributed by atoms with Crippen molar-refractivity contribution in [2.45, 2.75) is 26.6 Å². The van der Waals surface area contributed by atoms with Gasteiger partial charge in [0.15, 0.2) is 5.69 Å². The molecule has 0 radical (unpaired) electrons. The van der Waals surface area contributed by atoms with Crippen LogP contribution >= 0.6 is 0 Å². The fourth-order valence-electron chi connectivity index (χ4n) is 2.67. The maximum atomic E-state index is 12.8. The highest BCUT2D eigenvalue weighted by Gasteiger charge is 2.30. The van der Waals surface area contributed by atoms with Gasteiger partial charge in [-0.2, -0.15) is 13.2 Å². The van der Waals surface area contributed by atoms with Crippen molar-refractivity contribution in [3.63, 3.8) is 0 Å². The first kappa shape index (κ1) is 20.4. The van der Waals surface area contributed by atoms with Crippen LogP contribution in [0, 0.1) is 6.92 Å². The number of carbonyl (C=O) groups excluding carboxylic acids is 1. The van der Waals surface area contributed by atoms with Crippen LogP contribution in [0.3, 0.4) is 0 Å². The summed E-state index contributed by atoms with van der Waals surface area (Å²) in [4.78, 5) is 12.3. The van der Waals surface area contributed by atoms with Crippen LogP contribution in [-0.4, -0.2) is 27.6 Å². The Kier molecular flexibility index (Phi) is 5.86. The number of halogens is 3. The number of ether oxygens (including phenoxy) is 2. The molecule has 0 atom stereocenters. The Morgan fingerprint density at radius 1 is 1.14 bits per heavy atom. The summed E-state index contributed by atoms with van der Waals surface area (Å²) >= 11 is 0. The first-order valence-electron chi connectivity index (χ1n) is 8.78. The van der Waals surface area contributed by atoms with Gasteiger partial charge >= 0.3 is 12.1 Å². The summed E-state index contributed by atoms with van der Waals surface area (Å²) in [5.41, 5.74) is 0.540. The number of carbonyl (C=O) groups is 1. The van der Waals surface area contributed by atoms with Crippen LogP contribution in [0.25, 0.3) is 5.69 Å². The Balaban J connectivity index is 1.71. The highest BCUT2D eigenvalue weighted by Crippen LogP contribution is 2.29. The molecular formula is C20H18F3N3O3. The van der Waals surface area contributed by atoms with E-state index in [2.05, 4.69) is 10.3 Å². The minimum atomic E-state index is -4.46. The third-order valence-corrected chi connectivity index (χ3v) is 4.10. The minimum Gasteiger partial charge on any atom is -0.494 e. The molecule has 0 bridgehead atoms. The molecule has 9 heteroatoms. The zero-order chi connectivity index (χ0) is 21.0. The Morgan fingerprint density at radius 2 is 1.86 bits per heavy atom. The average Bonchev–Trinajstić information content (AvgIpc) is 3.08. The average molecular weight is 405 g/mol. The molecule has 29 heavy (non-hydrogen) atoms. The van der Waals surface area contributed by atoms with E-state index in [1.54, 1.807) is 31.2 Å². The summed E-state index contributed by atoms with van der Waals surface area (Å²) in [7, 11) is 0. The van der Waals surface area contributed by atoms with E-state index in [1.807, 2.05) is 6.92 Å². The Bertz CT molecular complexity index is 998. The molecule has 3 aromatic rings. The van der Waals surface area contributed by atoms with Gasteiger partial charge in [0.1, 0.15) is 12.4 Å². The largest absolute Gasteiger partial charge is 0.494 e. The lowest BCUT2D eigenvalue weighted by Gasteiger charge is -2.09. The molecule has 0 amide bonds. The van der Waals surface area contributed by atoms with Crippen LogP contribution in [0.5, 0.6) is 5.75 Å². The van der Waals surface area contributed by atoms with Gasteiger partial charge in [0.2, 0.25) is 0 Å². The number of esters is 1. The molecule has 1 heterocycles. The Hall–Kier alpha value is -3.36. The van der Waals surface area contributed by atoms with Crippen molar-refractivity contribution in [2.24, 2.45) is 0 Å². The fourth-order valence-corrected chi connectivity index (χ4v) is 2.67. The predicted octanol–water partition coefficient (Wildman–Crippen LogP) is 4.35.